The lowest BCUT2D eigenvalue weighted by Gasteiger charge is -2.08. The molecular formula is C12H8ClN3O4. The second-order valence-electron chi connectivity index (χ2n) is 3.78. The van der Waals surface area contributed by atoms with E-state index >= 15 is 0 Å². The highest BCUT2D eigenvalue weighted by atomic mass is 35.5. The number of hydrogen-bond donors (Lipinski definition) is 2. The van der Waals surface area contributed by atoms with E-state index in [2.05, 4.69) is 10.3 Å². The Bertz CT molecular complexity index is 690. The number of aromatic nitrogens is 1. The molecule has 2 N–H and O–H groups in total. The normalized spacial score (nSPS) is 10.1. The van der Waals surface area contributed by atoms with Crippen LogP contribution in [0.4, 0.5) is 17.2 Å². The van der Waals surface area contributed by atoms with Gasteiger partial charge in [0.05, 0.1) is 27.3 Å². The summed E-state index contributed by atoms with van der Waals surface area (Å²) in [5, 5.41) is 22.4. The lowest BCUT2D eigenvalue weighted by Crippen LogP contribution is -1.99. The molecule has 0 radical (unpaired) electrons. The Balaban J connectivity index is 2.28. The van der Waals surface area contributed by atoms with Crippen molar-refractivity contribution >= 4 is 34.8 Å². The molecule has 1 aromatic carbocycles. The van der Waals surface area contributed by atoms with Crippen molar-refractivity contribution in [1.82, 2.24) is 4.98 Å². The van der Waals surface area contributed by atoms with Crippen molar-refractivity contribution < 1.29 is 14.8 Å². The van der Waals surface area contributed by atoms with E-state index in [1.165, 1.54) is 36.5 Å². The maximum Gasteiger partial charge on any atom is 0.335 e. The molecule has 0 atom stereocenters. The van der Waals surface area contributed by atoms with Crippen LogP contribution in [0, 0.1) is 10.1 Å². The van der Waals surface area contributed by atoms with E-state index in [-0.39, 0.29) is 22.1 Å². The maximum absolute atomic E-state index is 10.8. The van der Waals surface area contributed by atoms with Gasteiger partial charge >= 0.3 is 5.97 Å². The number of nitrogens with zero attached hydrogens (tertiary/aromatic N) is 2. The second-order valence-corrected chi connectivity index (χ2v) is 4.19. The molecule has 1 heterocycles. The lowest BCUT2D eigenvalue weighted by atomic mass is 10.2. The van der Waals surface area contributed by atoms with Gasteiger partial charge < -0.3 is 10.4 Å². The molecule has 8 heteroatoms. The molecule has 2 aromatic rings. The first-order valence-electron chi connectivity index (χ1n) is 5.37. The van der Waals surface area contributed by atoms with Gasteiger partial charge in [-0.25, -0.2) is 9.78 Å². The van der Waals surface area contributed by atoms with E-state index in [0.29, 0.717) is 5.69 Å². The number of nitro groups is 1. The quantitative estimate of drug-likeness (QED) is 0.663. The van der Waals surface area contributed by atoms with Gasteiger partial charge in [-0.3, -0.25) is 10.1 Å². The van der Waals surface area contributed by atoms with Crippen LogP contribution in [0.5, 0.6) is 0 Å². The van der Waals surface area contributed by atoms with Gasteiger partial charge in [-0.1, -0.05) is 11.6 Å². The van der Waals surface area contributed by atoms with E-state index in [4.69, 9.17) is 16.7 Å². The second kappa shape index (κ2) is 5.54. The summed E-state index contributed by atoms with van der Waals surface area (Å²) in [5.41, 5.74) is 0.345. The van der Waals surface area contributed by atoms with Gasteiger partial charge in [0.25, 0.3) is 5.69 Å². The molecule has 20 heavy (non-hydrogen) atoms. The summed E-state index contributed by atoms with van der Waals surface area (Å²) in [4.78, 5) is 24.8. The monoisotopic (exact) mass is 293 g/mol. The molecular weight excluding hydrogens is 286 g/mol. The highest BCUT2D eigenvalue weighted by molar-refractivity contribution is 6.33. The summed E-state index contributed by atoms with van der Waals surface area (Å²) in [5.74, 6) is -0.851. The number of benzene rings is 1. The smallest absolute Gasteiger partial charge is 0.335 e. The number of pyridine rings is 1. The number of aromatic carboxylic acids is 1. The van der Waals surface area contributed by atoms with Gasteiger partial charge in [-0.15, -0.1) is 0 Å². The van der Waals surface area contributed by atoms with Gasteiger partial charge in [0.15, 0.2) is 0 Å². The third kappa shape index (κ3) is 3.01. The van der Waals surface area contributed by atoms with Crippen molar-refractivity contribution in [3.63, 3.8) is 0 Å². The maximum atomic E-state index is 10.8. The van der Waals surface area contributed by atoms with E-state index in [1.54, 1.807) is 0 Å². The molecule has 102 valence electrons. The molecule has 0 saturated heterocycles. The summed E-state index contributed by atoms with van der Waals surface area (Å²) >= 11 is 5.94. The van der Waals surface area contributed by atoms with Crippen LogP contribution in [0.1, 0.15) is 10.4 Å². The molecule has 0 unspecified atom stereocenters. The van der Waals surface area contributed by atoms with Crippen LogP contribution in [-0.4, -0.2) is 21.0 Å². The number of rotatable bonds is 4. The standard InChI is InChI=1S/C12H8ClN3O4/c13-9-5-7(12(17)18)1-2-10(9)15-11-6-8(16(19)20)3-4-14-11/h1-6H,(H,14,15)(H,17,18). The number of carboxylic acid groups (broad SMARTS) is 1. The Labute approximate surface area is 118 Å². The van der Waals surface area contributed by atoms with Crippen molar-refractivity contribution in [1.29, 1.82) is 0 Å². The molecule has 0 aliphatic heterocycles. The van der Waals surface area contributed by atoms with Crippen molar-refractivity contribution in [2.75, 3.05) is 5.32 Å². The Morgan fingerprint density at radius 1 is 1.35 bits per heavy atom. The minimum atomic E-state index is -1.09. The summed E-state index contributed by atoms with van der Waals surface area (Å²) in [6, 6.07) is 6.63. The molecule has 0 spiro atoms. The number of anilines is 2. The van der Waals surface area contributed by atoms with Crippen LogP contribution in [0.25, 0.3) is 0 Å². The SMILES string of the molecule is O=C(O)c1ccc(Nc2cc([N+](=O)[O-])ccn2)c(Cl)c1. The summed E-state index contributed by atoms with van der Waals surface area (Å²) in [6.07, 6.45) is 1.29. The Morgan fingerprint density at radius 3 is 2.70 bits per heavy atom. The zero-order chi connectivity index (χ0) is 14.7. The zero-order valence-electron chi connectivity index (χ0n) is 9.91. The van der Waals surface area contributed by atoms with Crippen LogP contribution < -0.4 is 5.32 Å². The number of hydrogen-bond acceptors (Lipinski definition) is 5. The van der Waals surface area contributed by atoms with E-state index in [9.17, 15) is 14.9 Å². The number of halogens is 1. The van der Waals surface area contributed by atoms with Crippen LogP contribution in [0.3, 0.4) is 0 Å². The van der Waals surface area contributed by atoms with Crippen LogP contribution >= 0.6 is 11.6 Å². The minimum Gasteiger partial charge on any atom is -0.478 e. The predicted molar refractivity (Wildman–Crippen MR) is 72.6 cm³/mol. The van der Waals surface area contributed by atoms with Crippen molar-refractivity contribution in [3.8, 4) is 0 Å². The van der Waals surface area contributed by atoms with E-state index < -0.39 is 10.9 Å². The Kier molecular flexibility index (Phi) is 3.81. The molecule has 0 aliphatic carbocycles. The Hall–Kier alpha value is -2.67. The highest BCUT2D eigenvalue weighted by Crippen LogP contribution is 2.26. The first-order chi connectivity index (χ1) is 9.47. The number of carbonyl (C=O) groups is 1. The van der Waals surface area contributed by atoms with Crippen molar-refractivity contribution in [3.05, 3.63) is 57.2 Å². The van der Waals surface area contributed by atoms with Crippen LogP contribution in [-0.2, 0) is 0 Å². The first-order valence-corrected chi connectivity index (χ1v) is 5.75. The lowest BCUT2D eigenvalue weighted by molar-refractivity contribution is -0.384. The molecule has 7 nitrogen and oxygen atoms in total. The van der Waals surface area contributed by atoms with E-state index in [1.807, 2.05) is 0 Å². The average molecular weight is 294 g/mol. The number of nitrogens with one attached hydrogen (secondary N) is 1. The fraction of sp³-hybridized carbons (Fsp3) is 0. The highest BCUT2D eigenvalue weighted by Gasteiger charge is 2.10. The molecule has 0 amide bonds. The summed E-state index contributed by atoms with van der Waals surface area (Å²) in [7, 11) is 0. The zero-order valence-corrected chi connectivity index (χ0v) is 10.7. The summed E-state index contributed by atoms with van der Waals surface area (Å²) < 4.78 is 0. The third-order valence-corrected chi connectivity index (χ3v) is 2.75. The van der Waals surface area contributed by atoms with Gasteiger partial charge in [0, 0.05) is 12.3 Å². The van der Waals surface area contributed by atoms with Crippen LogP contribution in [0.2, 0.25) is 5.02 Å². The topological polar surface area (TPSA) is 105 Å². The molecule has 0 fully saturated rings. The predicted octanol–water partition coefficient (Wildman–Crippen LogP) is 3.09. The van der Waals surface area contributed by atoms with Crippen molar-refractivity contribution in [2.45, 2.75) is 0 Å². The van der Waals surface area contributed by atoms with E-state index in [0.717, 1.165) is 0 Å². The van der Waals surface area contributed by atoms with Crippen LogP contribution in [0.15, 0.2) is 36.5 Å². The molecule has 0 aliphatic rings. The summed E-state index contributed by atoms with van der Waals surface area (Å²) in [6.45, 7) is 0. The van der Waals surface area contributed by atoms with Gasteiger partial charge in [0.2, 0.25) is 0 Å². The number of carboxylic acids is 1. The third-order valence-electron chi connectivity index (χ3n) is 2.43. The van der Waals surface area contributed by atoms with Gasteiger partial charge in [0.1, 0.15) is 5.82 Å². The Morgan fingerprint density at radius 2 is 2.10 bits per heavy atom. The fourth-order valence-corrected chi connectivity index (χ4v) is 1.72. The first kappa shape index (κ1) is 13.8. The minimum absolute atomic E-state index is 0.0487. The van der Waals surface area contributed by atoms with Gasteiger partial charge in [-0.2, -0.15) is 0 Å². The largest absolute Gasteiger partial charge is 0.478 e. The average Bonchev–Trinajstić information content (AvgIpc) is 2.41. The molecule has 0 bridgehead atoms. The van der Waals surface area contributed by atoms with Gasteiger partial charge in [-0.05, 0) is 18.2 Å². The molecule has 1 aromatic heterocycles. The molecule has 2 rings (SSSR count). The van der Waals surface area contributed by atoms with Crippen molar-refractivity contribution in [2.24, 2.45) is 0 Å². The molecule has 0 saturated carbocycles. The fourth-order valence-electron chi connectivity index (χ4n) is 1.49.